The molecule has 0 aliphatic heterocycles. The fourth-order valence-corrected chi connectivity index (χ4v) is 3.22. The topological polar surface area (TPSA) is 105 Å². The van der Waals surface area contributed by atoms with Crippen LogP contribution in [0.15, 0.2) is 9.59 Å². The van der Waals surface area contributed by atoms with E-state index in [-0.39, 0.29) is 6.54 Å². The molecule has 2 heterocycles. The summed E-state index contributed by atoms with van der Waals surface area (Å²) in [5.74, 6) is 0.541. The largest absolute Gasteiger partial charge is 0.392 e. The van der Waals surface area contributed by atoms with Crippen LogP contribution in [-0.4, -0.2) is 36.4 Å². The van der Waals surface area contributed by atoms with Crippen molar-refractivity contribution in [2.24, 2.45) is 7.05 Å². The van der Waals surface area contributed by atoms with Crippen molar-refractivity contribution in [2.75, 3.05) is 5.32 Å². The van der Waals surface area contributed by atoms with Crippen molar-refractivity contribution in [1.82, 2.24) is 19.1 Å². The van der Waals surface area contributed by atoms with Gasteiger partial charge in [-0.1, -0.05) is 19.3 Å². The first-order valence-corrected chi connectivity index (χ1v) is 8.11. The molecule has 1 aliphatic carbocycles. The summed E-state index contributed by atoms with van der Waals surface area (Å²) in [6, 6.07) is 0.310. The third kappa shape index (κ3) is 3.03. The molecule has 1 saturated carbocycles. The summed E-state index contributed by atoms with van der Waals surface area (Å²) in [6.07, 6.45) is 5.09. The number of aromatic nitrogens is 4. The van der Waals surface area contributed by atoms with Gasteiger partial charge in [-0.15, -0.1) is 0 Å². The second-order valence-corrected chi connectivity index (χ2v) is 6.36. The van der Waals surface area contributed by atoms with Gasteiger partial charge in [-0.3, -0.25) is 14.3 Å². The normalized spacial score (nSPS) is 17.5. The van der Waals surface area contributed by atoms with E-state index in [1.54, 1.807) is 18.5 Å². The summed E-state index contributed by atoms with van der Waals surface area (Å²) in [6.45, 7) is 1.90. The summed E-state index contributed by atoms with van der Waals surface area (Å²) in [4.78, 5) is 30.8. The van der Waals surface area contributed by atoms with Crippen molar-refractivity contribution in [1.29, 1.82) is 0 Å². The zero-order chi connectivity index (χ0) is 16.6. The highest BCUT2D eigenvalue weighted by Gasteiger charge is 2.21. The van der Waals surface area contributed by atoms with Crippen LogP contribution in [0.2, 0.25) is 0 Å². The van der Waals surface area contributed by atoms with E-state index in [9.17, 15) is 14.7 Å². The predicted octanol–water partition coefficient (Wildman–Crippen LogP) is 0.549. The molecule has 0 saturated heterocycles. The number of aromatic amines is 1. The van der Waals surface area contributed by atoms with Crippen LogP contribution in [0.25, 0.3) is 11.2 Å². The van der Waals surface area contributed by atoms with Crippen LogP contribution in [0, 0.1) is 0 Å². The summed E-state index contributed by atoms with van der Waals surface area (Å²) < 4.78 is 2.99. The predicted molar refractivity (Wildman–Crippen MR) is 87.8 cm³/mol. The highest BCUT2D eigenvalue weighted by atomic mass is 16.3. The number of hydrogen-bond donors (Lipinski definition) is 3. The third-order valence-electron chi connectivity index (χ3n) is 4.39. The number of fused-ring (bicyclic) bond motifs is 1. The molecule has 0 radical (unpaired) electrons. The Bertz CT molecular complexity index is 811. The van der Waals surface area contributed by atoms with Gasteiger partial charge in [-0.05, 0) is 19.8 Å². The van der Waals surface area contributed by atoms with Crippen LogP contribution < -0.4 is 16.6 Å². The molecular weight excluding hydrogens is 298 g/mol. The van der Waals surface area contributed by atoms with Gasteiger partial charge in [0.15, 0.2) is 11.2 Å². The fourth-order valence-electron chi connectivity index (χ4n) is 3.22. The van der Waals surface area contributed by atoms with E-state index in [1.165, 1.54) is 23.8 Å². The van der Waals surface area contributed by atoms with E-state index in [1.807, 2.05) is 0 Å². The van der Waals surface area contributed by atoms with Crippen LogP contribution >= 0.6 is 0 Å². The van der Waals surface area contributed by atoms with Gasteiger partial charge in [-0.25, -0.2) is 4.79 Å². The number of H-pyrrole nitrogens is 1. The van der Waals surface area contributed by atoms with E-state index in [4.69, 9.17) is 0 Å². The maximum atomic E-state index is 12.2. The summed E-state index contributed by atoms with van der Waals surface area (Å²) in [5, 5.41) is 13.2. The van der Waals surface area contributed by atoms with Crippen LogP contribution in [-0.2, 0) is 13.6 Å². The lowest BCUT2D eigenvalue weighted by atomic mass is 9.96. The molecule has 3 rings (SSSR count). The molecular formula is C15H23N5O3. The van der Waals surface area contributed by atoms with Gasteiger partial charge in [0.2, 0.25) is 5.95 Å². The van der Waals surface area contributed by atoms with Crippen LogP contribution in [0.1, 0.15) is 39.0 Å². The van der Waals surface area contributed by atoms with Crippen molar-refractivity contribution in [3.8, 4) is 0 Å². The summed E-state index contributed by atoms with van der Waals surface area (Å²) in [7, 11) is 1.57. The smallest absolute Gasteiger partial charge is 0.329 e. The molecule has 0 spiro atoms. The molecule has 1 aliphatic rings. The van der Waals surface area contributed by atoms with E-state index in [2.05, 4.69) is 15.3 Å². The molecule has 8 heteroatoms. The minimum absolute atomic E-state index is 0.243. The van der Waals surface area contributed by atoms with Crippen LogP contribution in [0.5, 0.6) is 0 Å². The zero-order valence-corrected chi connectivity index (χ0v) is 13.5. The number of hydrogen-bond acceptors (Lipinski definition) is 5. The number of aliphatic hydroxyl groups is 1. The Morgan fingerprint density at radius 1 is 1.35 bits per heavy atom. The zero-order valence-electron chi connectivity index (χ0n) is 13.5. The highest BCUT2D eigenvalue weighted by molar-refractivity contribution is 5.74. The lowest BCUT2D eigenvalue weighted by molar-refractivity contribution is 0.175. The average Bonchev–Trinajstić information content (AvgIpc) is 2.84. The molecule has 0 unspecified atom stereocenters. The van der Waals surface area contributed by atoms with E-state index in [0.717, 1.165) is 12.8 Å². The van der Waals surface area contributed by atoms with Crippen molar-refractivity contribution in [3.63, 3.8) is 0 Å². The molecule has 1 fully saturated rings. The summed E-state index contributed by atoms with van der Waals surface area (Å²) >= 11 is 0. The number of nitrogens with zero attached hydrogens (tertiary/aromatic N) is 3. The quantitative estimate of drug-likeness (QED) is 0.763. The van der Waals surface area contributed by atoms with Gasteiger partial charge >= 0.3 is 5.69 Å². The van der Waals surface area contributed by atoms with Crippen molar-refractivity contribution in [2.45, 2.75) is 57.7 Å². The number of aliphatic hydroxyl groups excluding tert-OH is 1. The molecule has 0 amide bonds. The number of rotatable bonds is 4. The minimum Gasteiger partial charge on any atom is -0.392 e. The van der Waals surface area contributed by atoms with Gasteiger partial charge in [-0.2, -0.15) is 4.98 Å². The average molecular weight is 321 g/mol. The standard InChI is InChI=1S/C15H23N5O3/c1-9(21)8-20-11-12(19(2)15(23)18-13(11)22)17-14(20)16-10-6-4-3-5-7-10/h9-10,21H,3-8H2,1-2H3,(H,16,17)(H,18,22,23)/t9-/m0/s1. The molecule has 1 atom stereocenters. The summed E-state index contributed by atoms with van der Waals surface area (Å²) in [5.41, 5.74) is -0.328. The fraction of sp³-hybridized carbons (Fsp3) is 0.667. The van der Waals surface area contributed by atoms with Crippen LogP contribution in [0.3, 0.4) is 0 Å². The first kappa shape index (κ1) is 15.8. The highest BCUT2D eigenvalue weighted by Crippen LogP contribution is 2.23. The van der Waals surface area contributed by atoms with E-state index >= 15 is 0 Å². The third-order valence-corrected chi connectivity index (χ3v) is 4.39. The van der Waals surface area contributed by atoms with Crippen molar-refractivity contribution >= 4 is 17.1 Å². The molecule has 0 bridgehead atoms. The molecule has 8 nitrogen and oxygen atoms in total. The molecule has 2 aromatic heterocycles. The lowest BCUT2D eigenvalue weighted by Gasteiger charge is -2.23. The number of nitrogens with one attached hydrogen (secondary N) is 2. The minimum atomic E-state index is -0.629. The van der Waals surface area contributed by atoms with Crippen molar-refractivity contribution in [3.05, 3.63) is 20.8 Å². The van der Waals surface area contributed by atoms with Gasteiger partial charge in [0.1, 0.15) is 0 Å². The number of imidazole rings is 1. The molecule has 0 aromatic carbocycles. The molecule has 126 valence electrons. The lowest BCUT2D eigenvalue weighted by Crippen LogP contribution is -2.30. The van der Waals surface area contributed by atoms with Crippen LogP contribution in [0.4, 0.5) is 5.95 Å². The SMILES string of the molecule is C[C@H](O)Cn1c(NC2CCCCC2)nc2c1c(=O)[nH]c(=O)n2C. The Balaban J connectivity index is 2.11. The monoisotopic (exact) mass is 321 g/mol. The van der Waals surface area contributed by atoms with Gasteiger partial charge in [0, 0.05) is 13.1 Å². The number of aryl methyl sites for hydroxylation is 1. The molecule has 2 aromatic rings. The van der Waals surface area contributed by atoms with Gasteiger partial charge in [0.05, 0.1) is 12.6 Å². The van der Waals surface area contributed by atoms with E-state index in [0.29, 0.717) is 23.2 Å². The second kappa shape index (κ2) is 6.19. The Kier molecular flexibility index (Phi) is 4.25. The van der Waals surface area contributed by atoms with Gasteiger partial charge in [0.25, 0.3) is 5.56 Å². The number of anilines is 1. The maximum absolute atomic E-state index is 12.2. The second-order valence-electron chi connectivity index (χ2n) is 6.36. The molecule has 23 heavy (non-hydrogen) atoms. The van der Waals surface area contributed by atoms with E-state index < -0.39 is 17.4 Å². The Morgan fingerprint density at radius 2 is 2.04 bits per heavy atom. The first-order valence-electron chi connectivity index (χ1n) is 8.11. The first-order chi connectivity index (χ1) is 11.0. The maximum Gasteiger partial charge on any atom is 0.329 e. The molecule has 3 N–H and O–H groups in total. The Morgan fingerprint density at radius 3 is 2.70 bits per heavy atom. The van der Waals surface area contributed by atoms with Gasteiger partial charge < -0.3 is 15.0 Å². The van der Waals surface area contributed by atoms with Crippen molar-refractivity contribution < 1.29 is 5.11 Å². The Labute approximate surface area is 133 Å². The Hall–Kier alpha value is -2.09.